The molecule has 0 saturated carbocycles. The second-order valence-electron chi connectivity index (χ2n) is 3.51. The molecule has 0 unspecified atom stereocenters. The number of hydrogen-bond donors (Lipinski definition) is 2. The summed E-state index contributed by atoms with van der Waals surface area (Å²) in [6, 6.07) is 7.78. The van der Waals surface area contributed by atoms with Gasteiger partial charge in [-0.2, -0.15) is 5.11 Å². The smallest absolute Gasteiger partial charge is 0.107 e. The van der Waals surface area contributed by atoms with Gasteiger partial charge in [0.1, 0.15) is 12.4 Å². The number of nitrogens with one attached hydrogen (secondary N) is 2. The molecular weight excluding hydrogens is 301 g/mol. The zero-order valence-electron chi connectivity index (χ0n) is 9.83. The predicted octanol–water partition coefficient (Wildman–Crippen LogP) is 3.40. The standard InChI is InChI=1S/C12H15BrFN3O/c13-11-3-1-10(2-4-11)8-18-9-12(17-15)7-16-6-5-14/h1-4,7,15-16H,5-6,8-9H2/b12-7-,17-15?. The molecule has 0 aliphatic heterocycles. The summed E-state index contributed by atoms with van der Waals surface area (Å²) in [5, 5.41) is 6.00. The first-order valence-electron chi connectivity index (χ1n) is 5.44. The largest absolute Gasteiger partial charge is 0.387 e. The number of hydrogen-bond acceptors (Lipinski definition) is 4. The van der Waals surface area contributed by atoms with Gasteiger partial charge in [-0.05, 0) is 17.7 Å². The molecule has 6 heteroatoms. The van der Waals surface area contributed by atoms with Crippen LogP contribution in [0.5, 0.6) is 0 Å². The number of ether oxygens (including phenoxy) is 1. The zero-order chi connectivity index (χ0) is 13.2. The van der Waals surface area contributed by atoms with Gasteiger partial charge in [-0.15, -0.1) is 0 Å². The van der Waals surface area contributed by atoms with Crippen molar-refractivity contribution in [2.75, 3.05) is 19.8 Å². The van der Waals surface area contributed by atoms with Crippen LogP contribution in [0.1, 0.15) is 5.56 Å². The predicted molar refractivity (Wildman–Crippen MR) is 71.0 cm³/mol. The highest BCUT2D eigenvalue weighted by Crippen LogP contribution is 2.11. The minimum absolute atomic E-state index is 0.214. The average molecular weight is 316 g/mol. The van der Waals surface area contributed by atoms with Crippen molar-refractivity contribution in [2.24, 2.45) is 5.11 Å². The van der Waals surface area contributed by atoms with Crippen LogP contribution >= 0.6 is 15.9 Å². The van der Waals surface area contributed by atoms with Crippen LogP contribution in [0.2, 0.25) is 0 Å². The van der Waals surface area contributed by atoms with Crippen LogP contribution in [0.3, 0.4) is 0 Å². The normalized spacial score (nSPS) is 11.3. The van der Waals surface area contributed by atoms with Gasteiger partial charge in [0.25, 0.3) is 0 Å². The molecule has 0 radical (unpaired) electrons. The van der Waals surface area contributed by atoms with E-state index in [1.54, 1.807) is 0 Å². The van der Waals surface area contributed by atoms with E-state index in [4.69, 9.17) is 10.3 Å². The van der Waals surface area contributed by atoms with Gasteiger partial charge in [-0.1, -0.05) is 28.1 Å². The fourth-order valence-electron chi connectivity index (χ4n) is 1.20. The van der Waals surface area contributed by atoms with Gasteiger partial charge in [0, 0.05) is 17.2 Å². The van der Waals surface area contributed by atoms with Crippen LogP contribution in [0.15, 0.2) is 45.7 Å². The Morgan fingerprint density at radius 2 is 2.17 bits per heavy atom. The summed E-state index contributed by atoms with van der Waals surface area (Å²) in [4.78, 5) is 0. The highest BCUT2D eigenvalue weighted by molar-refractivity contribution is 9.10. The van der Waals surface area contributed by atoms with E-state index in [1.807, 2.05) is 24.3 Å². The van der Waals surface area contributed by atoms with Crippen LogP contribution in [-0.2, 0) is 11.3 Å². The first-order valence-corrected chi connectivity index (χ1v) is 6.23. The van der Waals surface area contributed by atoms with Gasteiger partial charge in [0.05, 0.1) is 13.2 Å². The van der Waals surface area contributed by atoms with E-state index in [-0.39, 0.29) is 13.2 Å². The summed E-state index contributed by atoms with van der Waals surface area (Å²) < 4.78 is 18.3. The molecular formula is C12H15BrFN3O. The summed E-state index contributed by atoms with van der Waals surface area (Å²) in [5.41, 5.74) is 8.42. The lowest BCUT2D eigenvalue weighted by molar-refractivity contribution is 0.141. The Hall–Kier alpha value is -1.27. The van der Waals surface area contributed by atoms with E-state index in [2.05, 4.69) is 26.4 Å². The van der Waals surface area contributed by atoms with Crippen LogP contribution < -0.4 is 5.32 Å². The number of benzene rings is 1. The lowest BCUT2D eigenvalue weighted by atomic mass is 10.2. The summed E-state index contributed by atoms with van der Waals surface area (Å²) in [5.74, 6) is 0. The second kappa shape index (κ2) is 8.77. The number of alkyl halides is 1. The van der Waals surface area contributed by atoms with Gasteiger partial charge < -0.3 is 10.1 Å². The molecule has 1 aromatic rings. The maximum absolute atomic E-state index is 11.8. The monoisotopic (exact) mass is 315 g/mol. The average Bonchev–Trinajstić information content (AvgIpc) is 2.39. The maximum Gasteiger partial charge on any atom is 0.107 e. The molecule has 1 rings (SSSR count). The molecule has 0 atom stereocenters. The van der Waals surface area contributed by atoms with Gasteiger partial charge >= 0.3 is 0 Å². The summed E-state index contributed by atoms with van der Waals surface area (Å²) in [6.45, 7) is 0.426. The molecule has 0 aromatic heterocycles. The summed E-state index contributed by atoms with van der Waals surface area (Å²) in [7, 11) is 0. The third-order valence-electron chi connectivity index (χ3n) is 2.08. The van der Waals surface area contributed by atoms with E-state index in [1.165, 1.54) is 6.20 Å². The molecule has 4 nitrogen and oxygen atoms in total. The third kappa shape index (κ3) is 5.88. The fraction of sp³-hybridized carbons (Fsp3) is 0.333. The fourth-order valence-corrected chi connectivity index (χ4v) is 1.47. The molecule has 98 valence electrons. The van der Waals surface area contributed by atoms with Crippen LogP contribution in [0, 0.1) is 5.53 Å². The Labute approximate surface area is 114 Å². The first kappa shape index (κ1) is 14.8. The molecule has 0 amide bonds. The molecule has 0 saturated heterocycles. The van der Waals surface area contributed by atoms with Crippen LogP contribution in [-0.4, -0.2) is 19.8 Å². The topological polar surface area (TPSA) is 57.5 Å². The van der Waals surface area contributed by atoms with E-state index in [0.29, 0.717) is 12.3 Å². The van der Waals surface area contributed by atoms with E-state index < -0.39 is 6.67 Å². The Balaban J connectivity index is 2.32. The number of halogens is 2. The Morgan fingerprint density at radius 3 is 2.78 bits per heavy atom. The Kier molecular flexibility index (Phi) is 7.20. The van der Waals surface area contributed by atoms with Crippen LogP contribution in [0.25, 0.3) is 0 Å². The van der Waals surface area contributed by atoms with Crippen molar-refractivity contribution >= 4 is 15.9 Å². The van der Waals surface area contributed by atoms with Crippen molar-refractivity contribution in [3.05, 3.63) is 46.2 Å². The molecule has 0 spiro atoms. The van der Waals surface area contributed by atoms with Crippen molar-refractivity contribution in [1.29, 1.82) is 5.53 Å². The van der Waals surface area contributed by atoms with Gasteiger partial charge in [0.15, 0.2) is 0 Å². The molecule has 0 heterocycles. The van der Waals surface area contributed by atoms with Crippen molar-refractivity contribution in [2.45, 2.75) is 6.61 Å². The van der Waals surface area contributed by atoms with Crippen molar-refractivity contribution in [3.8, 4) is 0 Å². The Bertz CT molecular complexity index is 395. The molecule has 0 aliphatic rings. The highest BCUT2D eigenvalue weighted by atomic mass is 79.9. The summed E-state index contributed by atoms with van der Waals surface area (Å²) >= 11 is 3.35. The molecule has 0 fully saturated rings. The lowest BCUT2D eigenvalue weighted by Crippen LogP contribution is -2.10. The van der Waals surface area contributed by atoms with Gasteiger partial charge in [-0.25, -0.2) is 9.92 Å². The second-order valence-corrected chi connectivity index (χ2v) is 4.43. The molecule has 2 N–H and O–H groups in total. The van der Waals surface area contributed by atoms with Gasteiger partial charge in [-0.3, -0.25) is 0 Å². The lowest BCUT2D eigenvalue weighted by Gasteiger charge is -2.05. The molecule has 1 aromatic carbocycles. The summed E-state index contributed by atoms with van der Waals surface area (Å²) in [6.07, 6.45) is 1.49. The highest BCUT2D eigenvalue weighted by Gasteiger charge is 1.97. The van der Waals surface area contributed by atoms with E-state index in [0.717, 1.165) is 10.0 Å². The SMILES string of the molecule is N=N/C(=C\NCCF)COCc1ccc(Br)cc1. The zero-order valence-corrected chi connectivity index (χ0v) is 11.4. The van der Waals surface area contributed by atoms with E-state index >= 15 is 0 Å². The number of nitrogens with zero attached hydrogens (tertiary/aromatic N) is 1. The van der Waals surface area contributed by atoms with Crippen LogP contribution in [0.4, 0.5) is 4.39 Å². The quantitative estimate of drug-likeness (QED) is 0.570. The minimum Gasteiger partial charge on any atom is -0.387 e. The minimum atomic E-state index is -0.457. The molecule has 18 heavy (non-hydrogen) atoms. The van der Waals surface area contributed by atoms with Crippen molar-refractivity contribution in [1.82, 2.24) is 5.32 Å². The van der Waals surface area contributed by atoms with Gasteiger partial charge in [0.2, 0.25) is 0 Å². The third-order valence-corrected chi connectivity index (χ3v) is 2.61. The first-order chi connectivity index (χ1) is 8.76. The Morgan fingerprint density at radius 1 is 1.44 bits per heavy atom. The molecule has 0 bridgehead atoms. The van der Waals surface area contributed by atoms with Crippen molar-refractivity contribution < 1.29 is 9.13 Å². The number of rotatable bonds is 8. The van der Waals surface area contributed by atoms with E-state index in [9.17, 15) is 4.39 Å². The molecule has 0 aliphatic carbocycles. The van der Waals surface area contributed by atoms with Crippen molar-refractivity contribution in [3.63, 3.8) is 0 Å². The maximum atomic E-state index is 11.8.